The van der Waals surface area contributed by atoms with Gasteiger partial charge in [0.15, 0.2) is 0 Å². The average molecular weight is 284 g/mol. The molecule has 1 rings (SSSR count). The van der Waals surface area contributed by atoms with Crippen LogP contribution in [0.25, 0.3) is 0 Å². The van der Waals surface area contributed by atoms with Crippen molar-refractivity contribution in [2.75, 3.05) is 20.3 Å². The molecule has 6 heteroatoms. The molecule has 0 aromatic heterocycles. The van der Waals surface area contributed by atoms with Gasteiger partial charge in [-0.25, -0.2) is 9.18 Å². The minimum Gasteiger partial charge on any atom is -0.491 e. The number of carbonyl (C=O) groups excluding carboxylic acids is 1. The lowest BCUT2D eigenvalue weighted by Crippen LogP contribution is -2.47. The number of nitrogens with one attached hydrogen (secondary N) is 2. The molecule has 0 saturated heterocycles. The third-order valence-electron chi connectivity index (χ3n) is 2.49. The first-order valence-electron chi connectivity index (χ1n) is 6.45. The number of ether oxygens (including phenoxy) is 2. The average Bonchev–Trinajstić information content (AvgIpc) is 2.38. The zero-order valence-corrected chi connectivity index (χ0v) is 12.0. The van der Waals surface area contributed by atoms with E-state index in [0.717, 1.165) is 0 Å². The molecule has 0 heterocycles. The fourth-order valence-corrected chi connectivity index (χ4v) is 1.57. The van der Waals surface area contributed by atoms with Crippen molar-refractivity contribution < 1.29 is 18.7 Å². The number of rotatable bonds is 7. The van der Waals surface area contributed by atoms with Crippen molar-refractivity contribution in [3.05, 3.63) is 30.1 Å². The second-order valence-corrected chi connectivity index (χ2v) is 4.64. The van der Waals surface area contributed by atoms with Crippen molar-refractivity contribution in [1.82, 2.24) is 10.6 Å². The van der Waals surface area contributed by atoms with Crippen LogP contribution in [-0.4, -0.2) is 38.4 Å². The monoisotopic (exact) mass is 284 g/mol. The molecule has 1 aromatic carbocycles. The summed E-state index contributed by atoms with van der Waals surface area (Å²) >= 11 is 0. The molecule has 0 bridgehead atoms. The van der Waals surface area contributed by atoms with Crippen molar-refractivity contribution in [3.63, 3.8) is 0 Å². The van der Waals surface area contributed by atoms with E-state index in [0.29, 0.717) is 19.0 Å². The van der Waals surface area contributed by atoms with Crippen molar-refractivity contribution in [1.29, 1.82) is 0 Å². The van der Waals surface area contributed by atoms with Gasteiger partial charge in [0.25, 0.3) is 0 Å². The van der Waals surface area contributed by atoms with Gasteiger partial charge in [-0.3, -0.25) is 0 Å². The molecule has 1 aromatic rings. The van der Waals surface area contributed by atoms with E-state index in [2.05, 4.69) is 10.6 Å². The Kier molecular flexibility index (Phi) is 6.79. The van der Waals surface area contributed by atoms with Crippen molar-refractivity contribution in [2.24, 2.45) is 0 Å². The molecule has 0 aliphatic rings. The zero-order valence-electron chi connectivity index (χ0n) is 12.0. The number of benzene rings is 1. The first-order chi connectivity index (χ1) is 9.51. The molecule has 5 nitrogen and oxygen atoms in total. The van der Waals surface area contributed by atoms with E-state index in [1.165, 1.54) is 12.1 Å². The van der Waals surface area contributed by atoms with Gasteiger partial charge in [0.05, 0.1) is 18.7 Å². The van der Waals surface area contributed by atoms with Gasteiger partial charge in [-0.05, 0) is 38.1 Å². The van der Waals surface area contributed by atoms with Crippen LogP contribution in [0.1, 0.15) is 13.8 Å². The SMILES string of the molecule is COCC(C)NC(=O)NC(C)COc1ccc(F)cc1. The minimum atomic E-state index is -0.310. The third kappa shape index (κ3) is 6.38. The van der Waals surface area contributed by atoms with Crippen LogP contribution in [-0.2, 0) is 4.74 Å². The van der Waals surface area contributed by atoms with Crippen molar-refractivity contribution in [3.8, 4) is 5.75 Å². The Hall–Kier alpha value is -1.82. The fourth-order valence-electron chi connectivity index (χ4n) is 1.57. The molecule has 0 aliphatic carbocycles. The highest BCUT2D eigenvalue weighted by atomic mass is 19.1. The van der Waals surface area contributed by atoms with Crippen LogP contribution < -0.4 is 15.4 Å². The van der Waals surface area contributed by atoms with E-state index in [4.69, 9.17) is 9.47 Å². The Bertz CT molecular complexity index is 411. The van der Waals surface area contributed by atoms with E-state index in [1.54, 1.807) is 19.2 Å². The third-order valence-corrected chi connectivity index (χ3v) is 2.49. The Morgan fingerprint density at radius 2 is 1.70 bits per heavy atom. The molecule has 2 unspecified atom stereocenters. The van der Waals surface area contributed by atoms with Crippen LogP contribution in [0, 0.1) is 5.82 Å². The van der Waals surface area contributed by atoms with Gasteiger partial charge in [-0.15, -0.1) is 0 Å². The first-order valence-corrected chi connectivity index (χ1v) is 6.45. The van der Waals surface area contributed by atoms with E-state index in [-0.39, 0.29) is 23.9 Å². The van der Waals surface area contributed by atoms with Gasteiger partial charge in [-0.2, -0.15) is 0 Å². The number of urea groups is 1. The topological polar surface area (TPSA) is 59.6 Å². The van der Waals surface area contributed by atoms with Gasteiger partial charge < -0.3 is 20.1 Å². The predicted molar refractivity (Wildman–Crippen MR) is 74.4 cm³/mol. The molecule has 112 valence electrons. The van der Waals surface area contributed by atoms with Crippen LogP contribution >= 0.6 is 0 Å². The van der Waals surface area contributed by atoms with Crippen LogP contribution in [0.5, 0.6) is 5.75 Å². The molecular formula is C14H21FN2O3. The molecule has 0 radical (unpaired) electrons. The summed E-state index contributed by atoms with van der Waals surface area (Å²) in [4.78, 5) is 11.6. The molecule has 20 heavy (non-hydrogen) atoms. The second-order valence-electron chi connectivity index (χ2n) is 4.64. The highest BCUT2D eigenvalue weighted by Crippen LogP contribution is 2.11. The normalized spacial score (nSPS) is 13.4. The standard InChI is InChI=1S/C14H21FN2O3/c1-10(8-19-3)16-14(18)17-11(2)9-20-13-6-4-12(15)5-7-13/h4-7,10-11H,8-9H2,1-3H3,(H2,16,17,18). The van der Waals surface area contributed by atoms with Gasteiger partial charge >= 0.3 is 6.03 Å². The number of methoxy groups -OCH3 is 1. The first kappa shape index (κ1) is 16.2. The summed E-state index contributed by atoms with van der Waals surface area (Å²) in [6.45, 7) is 4.43. The molecule has 0 spiro atoms. The summed E-state index contributed by atoms with van der Waals surface area (Å²) in [5.74, 6) is 0.253. The number of halogens is 1. The van der Waals surface area contributed by atoms with Gasteiger partial charge in [0.2, 0.25) is 0 Å². The molecule has 2 atom stereocenters. The fraction of sp³-hybridized carbons (Fsp3) is 0.500. The van der Waals surface area contributed by atoms with Gasteiger partial charge in [-0.1, -0.05) is 0 Å². The van der Waals surface area contributed by atoms with E-state index in [1.807, 2.05) is 13.8 Å². The van der Waals surface area contributed by atoms with Gasteiger partial charge in [0, 0.05) is 7.11 Å². The summed E-state index contributed by atoms with van der Waals surface area (Å²) in [5.41, 5.74) is 0. The van der Waals surface area contributed by atoms with Crippen molar-refractivity contribution in [2.45, 2.75) is 25.9 Å². The van der Waals surface area contributed by atoms with Crippen LogP contribution in [0.3, 0.4) is 0 Å². The number of hydrogen-bond acceptors (Lipinski definition) is 3. The zero-order chi connectivity index (χ0) is 15.0. The Balaban J connectivity index is 2.27. The highest BCUT2D eigenvalue weighted by Gasteiger charge is 2.10. The summed E-state index contributed by atoms with van der Waals surface area (Å²) in [6.07, 6.45) is 0. The molecule has 0 saturated carbocycles. The molecule has 2 N–H and O–H groups in total. The van der Waals surface area contributed by atoms with Crippen molar-refractivity contribution >= 4 is 6.03 Å². The lowest BCUT2D eigenvalue weighted by molar-refractivity contribution is 0.169. The van der Waals surface area contributed by atoms with E-state index >= 15 is 0 Å². The van der Waals surface area contributed by atoms with Crippen LogP contribution in [0.15, 0.2) is 24.3 Å². The van der Waals surface area contributed by atoms with E-state index in [9.17, 15) is 9.18 Å². The summed E-state index contributed by atoms with van der Waals surface area (Å²) in [6, 6.07) is 5.23. The molecule has 2 amide bonds. The van der Waals surface area contributed by atoms with E-state index < -0.39 is 0 Å². The Labute approximate surface area is 118 Å². The summed E-state index contributed by atoms with van der Waals surface area (Å²) in [5, 5.41) is 5.48. The predicted octanol–water partition coefficient (Wildman–Crippen LogP) is 1.93. The summed E-state index contributed by atoms with van der Waals surface area (Å²) < 4.78 is 23.1. The maximum atomic E-state index is 12.7. The van der Waals surface area contributed by atoms with Crippen LogP contribution in [0.4, 0.5) is 9.18 Å². The highest BCUT2D eigenvalue weighted by molar-refractivity contribution is 5.74. The lowest BCUT2D eigenvalue weighted by Gasteiger charge is -2.18. The second kappa shape index (κ2) is 8.37. The molecular weight excluding hydrogens is 263 g/mol. The number of carbonyl (C=O) groups is 1. The smallest absolute Gasteiger partial charge is 0.315 e. The number of hydrogen-bond donors (Lipinski definition) is 2. The number of amides is 2. The molecule has 0 fully saturated rings. The molecule has 0 aliphatic heterocycles. The van der Waals surface area contributed by atoms with Crippen LogP contribution in [0.2, 0.25) is 0 Å². The lowest BCUT2D eigenvalue weighted by atomic mass is 10.3. The maximum Gasteiger partial charge on any atom is 0.315 e. The maximum absolute atomic E-state index is 12.7. The summed E-state index contributed by atoms with van der Waals surface area (Å²) in [7, 11) is 1.58. The largest absolute Gasteiger partial charge is 0.491 e. The minimum absolute atomic E-state index is 0.0646. The Morgan fingerprint density at radius 1 is 1.15 bits per heavy atom. The quantitative estimate of drug-likeness (QED) is 0.804. The Morgan fingerprint density at radius 3 is 2.25 bits per heavy atom. The van der Waals surface area contributed by atoms with Gasteiger partial charge in [0.1, 0.15) is 18.2 Å².